The van der Waals surface area contributed by atoms with E-state index in [9.17, 15) is 9.13 Å². The molecule has 110 valence electrons. The molecule has 0 atom stereocenters. The molecule has 0 bridgehead atoms. The summed E-state index contributed by atoms with van der Waals surface area (Å²) < 4.78 is 50.5. The van der Waals surface area contributed by atoms with Crippen LogP contribution in [0.2, 0.25) is 0 Å². The van der Waals surface area contributed by atoms with Gasteiger partial charge in [0, 0.05) is 34.0 Å². The van der Waals surface area contributed by atoms with Crippen molar-refractivity contribution < 1.29 is 31.6 Å². The van der Waals surface area contributed by atoms with Crippen LogP contribution in [0.1, 0.15) is 12.5 Å². The summed E-state index contributed by atoms with van der Waals surface area (Å²) >= 11 is 0. The van der Waals surface area contributed by atoms with Crippen LogP contribution in [0.5, 0.6) is 0 Å². The minimum absolute atomic E-state index is 0.339. The molecule has 0 unspecified atom stereocenters. The average molecular weight is 312 g/mol. The zero-order chi connectivity index (χ0) is 14.7. The van der Waals surface area contributed by atoms with Gasteiger partial charge in [-0.2, -0.15) is 0 Å². The van der Waals surface area contributed by atoms with Gasteiger partial charge in [0.1, 0.15) is 0 Å². The van der Waals surface area contributed by atoms with Crippen molar-refractivity contribution in [2.45, 2.75) is 11.8 Å². The molecule has 1 heterocycles. The van der Waals surface area contributed by atoms with E-state index in [-0.39, 0.29) is 0 Å². The summed E-state index contributed by atoms with van der Waals surface area (Å²) in [7, 11) is -2.81. The van der Waals surface area contributed by atoms with Crippen LogP contribution in [-0.2, 0) is 32.1 Å². The van der Waals surface area contributed by atoms with E-state index in [2.05, 4.69) is 0 Å². The number of hydrogen-bond donors (Lipinski definition) is 0. The summed E-state index contributed by atoms with van der Waals surface area (Å²) in [5, 5.41) is 0. The highest BCUT2D eigenvalue weighted by Gasteiger charge is 2.62. The molecule has 0 aliphatic rings. The van der Waals surface area contributed by atoms with Crippen LogP contribution >= 0.6 is 15.2 Å². The van der Waals surface area contributed by atoms with Gasteiger partial charge in [-0.15, -0.1) is 0 Å². The molecule has 0 aromatic carbocycles. The highest BCUT2D eigenvalue weighted by atomic mass is 31.2. The third-order valence-corrected chi connectivity index (χ3v) is 9.14. The molecule has 7 nitrogen and oxygen atoms in total. The lowest BCUT2D eigenvalue weighted by Gasteiger charge is -2.37. The third kappa shape index (κ3) is 2.35. The highest BCUT2D eigenvalue weighted by Crippen LogP contribution is 2.81. The van der Waals surface area contributed by atoms with Crippen LogP contribution in [0.3, 0.4) is 0 Å². The first-order chi connectivity index (χ1) is 8.85. The largest absolute Gasteiger partial charge is 0.472 e. The summed E-state index contributed by atoms with van der Waals surface area (Å²) in [5.74, 6) is 0. The first-order valence-electron chi connectivity index (χ1n) is 5.31. The quantitative estimate of drug-likeness (QED) is 0.713. The van der Waals surface area contributed by atoms with Crippen molar-refractivity contribution in [2.75, 3.05) is 28.4 Å². The Morgan fingerprint density at radius 3 is 1.68 bits per heavy atom. The molecule has 0 radical (unpaired) electrons. The normalized spacial score (nSPS) is 13.7. The minimum Gasteiger partial charge on any atom is -0.472 e. The second-order valence-electron chi connectivity index (χ2n) is 3.76. The Balaban J connectivity index is 3.61. The van der Waals surface area contributed by atoms with Crippen LogP contribution < -0.4 is 0 Å². The standard InChI is InChI=1S/C10H18O7P2/c1-10(9-6-7-17-8-9,18(11,13-2)14-3)19(12,15-4)16-5/h6-8H,1-5H3. The minimum atomic E-state index is -3.82. The van der Waals surface area contributed by atoms with Crippen molar-refractivity contribution in [3.8, 4) is 0 Å². The van der Waals surface area contributed by atoms with Crippen molar-refractivity contribution in [1.29, 1.82) is 0 Å². The van der Waals surface area contributed by atoms with E-state index in [1.54, 1.807) is 0 Å². The molecule has 1 rings (SSSR count). The second kappa shape index (κ2) is 5.92. The lowest BCUT2D eigenvalue weighted by molar-refractivity contribution is 0.228. The summed E-state index contributed by atoms with van der Waals surface area (Å²) in [6.07, 6.45) is 2.66. The fraction of sp³-hybridized carbons (Fsp3) is 0.600. The van der Waals surface area contributed by atoms with Crippen molar-refractivity contribution in [3.63, 3.8) is 0 Å². The van der Waals surface area contributed by atoms with Gasteiger partial charge in [0.2, 0.25) is 0 Å². The maximum Gasteiger partial charge on any atom is 0.352 e. The SMILES string of the molecule is COP(=O)(OC)C(C)(c1ccoc1)P(=O)(OC)OC. The summed E-state index contributed by atoms with van der Waals surface area (Å²) in [6.45, 7) is 1.43. The first kappa shape index (κ1) is 16.6. The van der Waals surface area contributed by atoms with E-state index in [0.717, 1.165) is 0 Å². The van der Waals surface area contributed by atoms with E-state index in [4.69, 9.17) is 22.5 Å². The predicted octanol–water partition coefficient (Wildman–Crippen LogP) is 3.42. The van der Waals surface area contributed by atoms with Gasteiger partial charge >= 0.3 is 15.2 Å². The molecule has 1 aromatic rings. The van der Waals surface area contributed by atoms with Crippen LogP contribution in [0.4, 0.5) is 0 Å². The molecule has 0 spiro atoms. The zero-order valence-electron chi connectivity index (χ0n) is 11.5. The van der Waals surface area contributed by atoms with Gasteiger partial charge in [0.05, 0.1) is 12.5 Å². The molecule has 0 aliphatic heterocycles. The van der Waals surface area contributed by atoms with E-state index in [1.165, 1.54) is 54.0 Å². The second-order valence-corrected chi connectivity index (χ2v) is 9.35. The molecular weight excluding hydrogens is 294 g/mol. The molecule has 0 aliphatic carbocycles. The Bertz CT molecular complexity index is 454. The Kier molecular flexibility index (Phi) is 5.18. The van der Waals surface area contributed by atoms with Crippen molar-refractivity contribution >= 4 is 15.2 Å². The Morgan fingerprint density at radius 1 is 1.00 bits per heavy atom. The van der Waals surface area contributed by atoms with E-state index in [1.807, 2.05) is 0 Å². The van der Waals surface area contributed by atoms with Crippen LogP contribution in [0.15, 0.2) is 23.0 Å². The Labute approximate surface area is 112 Å². The Morgan fingerprint density at radius 2 is 1.42 bits per heavy atom. The van der Waals surface area contributed by atoms with E-state index >= 15 is 0 Å². The monoisotopic (exact) mass is 312 g/mol. The van der Waals surface area contributed by atoms with Crippen molar-refractivity contribution in [3.05, 3.63) is 24.2 Å². The van der Waals surface area contributed by atoms with Crippen LogP contribution in [0.25, 0.3) is 0 Å². The topological polar surface area (TPSA) is 84.2 Å². The first-order valence-corrected chi connectivity index (χ1v) is 8.39. The summed E-state index contributed by atoms with van der Waals surface area (Å²) in [5.41, 5.74) is 0.339. The number of furan rings is 1. The van der Waals surface area contributed by atoms with Crippen molar-refractivity contribution in [2.24, 2.45) is 0 Å². The molecule has 0 saturated carbocycles. The Hall–Kier alpha value is -0.420. The molecule has 0 N–H and O–H groups in total. The number of rotatable bonds is 7. The molecular formula is C10H18O7P2. The summed E-state index contributed by atoms with van der Waals surface area (Å²) in [4.78, 5) is -1.64. The fourth-order valence-electron chi connectivity index (χ4n) is 1.86. The van der Waals surface area contributed by atoms with Gasteiger partial charge in [-0.25, -0.2) is 0 Å². The molecule has 0 fully saturated rings. The molecule has 0 amide bonds. The van der Waals surface area contributed by atoms with Gasteiger partial charge in [-0.1, -0.05) is 0 Å². The maximum absolute atomic E-state index is 12.8. The lowest BCUT2D eigenvalue weighted by Crippen LogP contribution is -2.25. The van der Waals surface area contributed by atoms with Gasteiger partial charge in [0.15, 0.2) is 4.90 Å². The third-order valence-electron chi connectivity index (χ3n) is 3.10. The van der Waals surface area contributed by atoms with Crippen molar-refractivity contribution in [1.82, 2.24) is 0 Å². The van der Waals surface area contributed by atoms with Crippen LogP contribution in [-0.4, -0.2) is 28.4 Å². The zero-order valence-corrected chi connectivity index (χ0v) is 13.3. The molecule has 9 heteroatoms. The maximum atomic E-state index is 12.8. The van der Waals surface area contributed by atoms with E-state index < -0.39 is 20.1 Å². The van der Waals surface area contributed by atoms with Crippen LogP contribution in [0, 0.1) is 0 Å². The molecule has 19 heavy (non-hydrogen) atoms. The smallest absolute Gasteiger partial charge is 0.352 e. The van der Waals surface area contributed by atoms with E-state index in [0.29, 0.717) is 5.56 Å². The number of hydrogen-bond acceptors (Lipinski definition) is 7. The highest BCUT2D eigenvalue weighted by molar-refractivity contribution is 7.73. The molecule has 0 saturated heterocycles. The molecule has 1 aromatic heterocycles. The average Bonchev–Trinajstić information content (AvgIpc) is 2.98. The fourth-order valence-corrected chi connectivity index (χ4v) is 6.65. The van der Waals surface area contributed by atoms with Gasteiger partial charge in [-0.05, 0) is 13.0 Å². The predicted molar refractivity (Wildman–Crippen MR) is 69.3 cm³/mol. The van der Waals surface area contributed by atoms with Gasteiger partial charge in [-0.3, -0.25) is 9.13 Å². The van der Waals surface area contributed by atoms with Gasteiger partial charge in [0.25, 0.3) is 0 Å². The lowest BCUT2D eigenvalue weighted by atomic mass is 10.2. The summed E-state index contributed by atoms with van der Waals surface area (Å²) in [6, 6.07) is 1.51. The van der Waals surface area contributed by atoms with Gasteiger partial charge < -0.3 is 22.5 Å².